The lowest BCUT2D eigenvalue weighted by Gasteiger charge is -2.31. The second-order valence-electron chi connectivity index (χ2n) is 6.71. The van der Waals surface area contributed by atoms with Crippen LogP contribution in [0.4, 0.5) is 0 Å². The Morgan fingerprint density at radius 3 is 2.11 bits per heavy atom. The van der Waals surface area contributed by atoms with Gasteiger partial charge in [0.2, 0.25) is 0 Å². The largest absolute Gasteiger partial charge is 0.298 e. The first-order valence-electron chi connectivity index (χ1n) is 7.41. The lowest BCUT2D eigenvalue weighted by atomic mass is 9.92. The number of terminal acetylenes is 1. The van der Waals surface area contributed by atoms with Crippen molar-refractivity contribution in [2.45, 2.75) is 51.1 Å². The maximum Gasteiger partial charge on any atom is 0.0743 e. The van der Waals surface area contributed by atoms with Gasteiger partial charge in [-0.2, -0.15) is 0 Å². The minimum absolute atomic E-state index is 0.192. The Morgan fingerprint density at radius 2 is 1.63 bits per heavy atom. The molecule has 0 amide bonds. The van der Waals surface area contributed by atoms with Crippen LogP contribution in [-0.4, -0.2) is 11.6 Å². The molecule has 3 rings (SSSR count). The van der Waals surface area contributed by atoms with Gasteiger partial charge in [0.15, 0.2) is 0 Å². The van der Waals surface area contributed by atoms with Crippen molar-refractivity contribution < 1.29 is 0 Å². The fraction of sp³-hybridized carbons (Fsp3) is 0.556. The van der Waals surface area contributed by atoms with Gasteiger partial charge >= 0.3 is 0 Å². The third-order valence-corrected chi connectivity index (χ3v) is 4.89. The van der Waals surface area contributed by atoms with E-state index in [1.54, 1.807) is 11.1 Å². The van der Waals surface area contributed by atoms with Crippen LogP contribution >= 0.6 is 0 Å². The predicted octanol–water partition coefficient (Wildman–Crippen LogP) is 3.18. The molecule has 2 atom stereocenters. The Bertz CT molecular complexity index is 476. The van der Waals surface area contributed by atoms with E-state index in [1.807, 2.05) is 0 Å². The standard InChI is InChI=1S/C18H23N/c1-4-18(2,3)19-17-15-9-10-16(17)12-14-8-6-5-7-13(14)11-15/h1,5-8,15-17,19H,9-12H2,2-3H3. The van der Waals surface area contributed by atoms with Gasteiger partial charge < -0.3 is 0 Å². The van der Waals surface area contributed by atoms with Crippen LogP contribution in [0.5, 0.6) is 0 Å². The van der Waals surface area contributed by atoms with E-state index in [2.05, 4.69) is 49.4 Å². The molecule has 2 bridgehead atoms. The number of fused-ring (bicyclic) bond motifs is 3. The Morgan fingerprint density at radius 1 is 1.11 bits per heavy atom. The summed E-state index contributed by atoms with van der Waals surface area (Å²) in [6.07, 6.45) is 10.8. The van der Waals surface area contributed by atoms with Gasteiger partial charge in [0.25, 0.3) is 0 Å². The quantitative estimate of drug-likeness (QED) is 0.798. The highest BCUT2D eigenvalue weighted by molar-refractivity contribution is 5.31. The van der Waals surface area contributed by atoms with Gasteiger partial charge in [0.1, 0.15) is 0 Å². The van der Waals surface area contributed by atoms with Gasteiger partial charge in [0.05, 0.1) is 5.54 Å². The average molecular weight is 253 g/mol. The van der Waals surface area contributed by atoms with Crippen LogP contribution in [0.2, 0.25) is 0 Å². The molecule has 0 aromatic heterocycles. The van der Waals surface area contributed by atoms with Crippen LogP contribution in [0.1, 0.15) is 37.8 Å². The summed E-state index contributed by atoms with van der Waals surface area (Å²) in [4.78, 5) is 0. The van der Waals surface area contributed by atoms with Crippen LogP contribution in [0.3, 0.4) is 0 Å². The first-order valence-corrected chi connectivity index (χ1v) is 7.41. The maximum absolute atomic E-state index is 5.65. The molecule has 1 saturated carbocycles. The van der Waals surface area contributed by atoms with Gasteiger partial charge in [-0.3, -0.25) is 5.32 Å². The molecule has 2 unspecified atom stereocenters. The summed E-state index contributed by atoms with van der Waals surface area (Å²) in [5.41, 5.74) is 2.92. The van der Waals surface area contributed by atoms with E-state index in [-0.39, 0.29) is 5.54 Å². The average Bonchev–Trinajstić information content (AvgIpc) is 2.65. The number of benzene rings is 1. The Balaban J connectivity index is 1.86. The van der Waals surface area contributed by atoms with Gasteiger partial charge in [0, 0.05) is 6.04 Å². The Kier molecular flexibility index (Phi) is 3.15. The van der Waals surface area contributed by atoms with Gasteiger partial charge in [-0.25, -0.2) is 0 Å². The smallest absolute Gasteiger partial charge is 0.0743 e. The number of hydrogen-bond acceptors (Lipinski definition) is 1. The molecule has 1 aromatic rings. The van der Waals surface area contributed by atoms with Gasteiger partial charge in [-0.1, -0.05) is 30.2 Å². The molecule has 0 spiro atoms. The molecule has 2 aliphatic carbocycles. The first kappa shape index (κ1) is 12.8. The second kappa shape index (κ2) is 4.69. The molecule has 1 N–H and O–H groups in total. The van der Waals surface area contributed by atoms with Crippen molar-refractivity contribution in [2.24, 2.45) is 11.8 Å². The van der Waals surface area contributed by atoms with E-state index in [0.29, 0.717) is 6.04 Å². The summed E-state index contributed by atoms with van der Waals surface area (Å²) in [7, 11) is 0. The van der Waals surface area contributed by atoms with E-state index in [1.165, 1.54) is 25.7 Å². The Hall–Kier alpha value is -1.26. The summed E-state index contributed by atoms with van der Waals surface area (Å²) in [6, 6.07) is 9.54. The summed E-state index contributed by atoms with van der Waals surface area (Å²) >= 11 is 0. The maximum atomic E-state index is 5.65. The first-order chi connectivity index (χ1) is 9.09. The molecule has 0 radical (unpaired) electrons. The van der Waals surface area contributed by atoms with Gasteiger partial charge in [-0.15, -0.1) is 6.42 Å². The molecule has 0 aliphatic heterocycles. The summed E-state index contributed by atoms with van der Waals surface area (Å²) in [5, 5.41) is 3.75. The van der Waals surface area contributed by atoms with E-state index in [0.717, 1.165) is 11.8 Å². The molecule has 1 nitrogen and oxygen atoms in total. The van der Waals surface area contributed by atoms with Crippen molar-refractivity contribution >= 4 is 0 Å². The number of rotatable bonds is 2. The monoisotopic (exact) mass is 253 g/mol. The predicted molar refractivity (Wildman–Crippen MR) is 79.9 cm³/mol. The van der Waals surface area contributed by atoms with E-state index in [9.17, 15) is 0 Å². The zero-order valence-corrected chi connectivity index (χ0v) is 11.9. The molecule has 1 aromatic carbocycles. The minimum atomic E-state index is -0.192. The fourth-order valence-corrected chi connectivity index (χ4v) is 3.84. The van der Waals surface area contributed by atoms with E-state index < -0.39 is 0 Å². The zero-order chi connectivity index (χ0) is 13.5. The molecular formula is C18H23N. The molecule has 1 heteroatoms. The highest BCUT2D eigenvalue weighted by atomic mass is 15.0. The Labute approximate surface area is 116 Å². The van der Waals surface area contributed by atoms with Gasteiger partial charge in [-0.05, 0) is 62.5 Å². The van der Waals surface area contributed by atoms with Crippen LogP contribution in [0, 0.1) is 24.2 Å². The number of nitrogens with one attached hydrogen (secondary N) is 1. The summed E-state index contributed by atoms with van der Waals surface area (Å²) < 4.78 is 0. The van der Waals surface area contributed by atoms with Crippen molar-refractivity contribution in [2.75, 3.05) is 0 Å². The fourth-order valence-electron chi connectivity index (χ4n) is 3.84. The van der Waals surface area contributed by atoms with Crippen molar-refractivity contribution in [3.8, 4) is 12.3 Å². The highest BCUT2D eigenvalue weighted by Crippen LogP contribution is 2.40. The highest BCUT2D eigenvalue weighted by Gasteiger charge is 2.40. The normalized spacial score (nSPS) is 29.4. The van der Waals surface area contributed by atoms with Crippen molar-refractivity contribution in [3.63, 3.8) is 0 Å². The lowest BCUT2D eigenvalue weighted by molar-refractivity contribution is 0.291. The van der Waals surface area contributed by atoms with E-state index >= 15 is 0 Å². The van der Waals surface area contributed by atoms with Crippen molar-refractivity contribution in [1.82, 2.24) is 5.32 Å². The molecule has 19 heavy (non-hydrogen) atoms. The topological polar surface area (TPSA) is 12.0 Å². The molecule has 2 aliphatic rings. The van der Waals surface area contributed by atoms with Crippen LogP contribution < -0.4 is 5.32 Å². The molecule has 100 valence electrons. The van der Waals surface area contributed by atoms with E-state index in [4.69, 9.17) is 6.42 Å². The molecular weight excluding hydrogens is 230 g/mol. The summed E-state index contributed by atoms with van der Waals surface area (Å²) in [6.45, 7) is 4.23. The third-order valence-electron chi connectivity index (χ3n) is 4.89. The zero-order valence-electron chi connectivity index (χ0n) is 11.9. The molecule has 1 fully saturated rings. The van der Waals surface area contributed by atoms with Crippen LogP contribution in [0.25, 0.3) is 0 Å². The second-order valence-corrected chi connectivity index (χ2v) is 6.71. The molecule has 0 heterocycles. The number of hydrogen-bond donors (Lipinski definition) is 1. The third kappa shape index (κ3) is 2.42. The minimum Gasteiger partial charge on any atom is -0.298 e. The lowest BCUT2D eigenvalue weighted by Crippen LogP contribution is -2.49. The van der Waals surface area contributed by atoms with Crippen LogP contribution in [0.15, 0.2) is 24.3 Å². The van der Waals surface area contributed by atoms with Crippen LogP contribution in [-0.2, 0) is 12.8 Å². The van der Waals surface area contributed by atoms with Crippen molar-refractivity contribution in [1.29, 1.82) is 0 Å². The SMILES string of the molecule is C#CC(C)(C)NC1C2CCC1Cc1ccccc1C2. The van der Waals surface area contributed by atoms with Crippen molar-refractivity contribution in [3.05, 3.63) is 35.4 Å². The summed E-state index contributed by atoms with van der Waals surface area (Å²) in [5.74, 6) is 4.39. The molecule has 0 saturated heterocycles.